The maximum atomic E-state index is 15.3. The number of β-amino-alcohol motifs (C(OH)–C–C–N with tert-alkyl or cyclic N) is 1. The van der Waals surface area contributed by atoms with Gasteiger partial charge >= 0.3 is 0 Å². The van der Waals surface area contributed by atoms with E-state index in [4.69, 9.17) is 21.3 Å². The van der Waals surface area contributed by atoms with Gasteiger partial charge in [0.1, 0.15) is 46.6 Å². The molecule has 3 aromatic carbocycles. The van der Waals surface area contributed by atoms with Crippen molar-refractivity contribution in [2.75, 3.05) is 6.54 Å². The predicted molar refractivity (Wildman–Crippen MR) is 280 cm³/mol. The van der Waals surface area contributed by atoms with Crippen molar-refractivity contribution in [1.82, 2.24) is 45.1 Å². The lowest BCUT2D eigenvalue weighted by Crippen LogP contribution is -2.49. The fourth-order valence-corrected chi connectivity index (χ4v) is 12.2. The van der Waals surface area contributed by atoms with Crippen molar-refractivity contribution >= 4 is 57.7 Å². The Kier molecular flexibility index (Phi) is 13.9. The van der Waals surface area contributed by atoms with Crippen LogP contribution in [0.5, 0.6) is 5.75 Å². The number of aryl methyl sites for hydroxylation is 3. The molecule has 3 N–H and O–H groups in total. The van der Waals surface area contributed by atoms with Crippen LogP contribution in [0.1, 0.15) is 109 Å². The third-order valence-electron chi connectivity index (χ3n) is 14.1. The Balaban J connectivity index is 0.774. The first-order valence-electron chi connectivity index (χ1n) is 24.5. The summed E-state index contributed by atoms with van der Waals surface area (Å²) in [6.07, 6.45) is 3.32. The van der Waals surface area contributed by atoms with Crippen LogP contribution in [0.15, 0.2) is 89.6 Å². The molecule has 2 fully saturated rings. The Bertz CT molecular complexity index is 3250. The van der Waals surface area contributed by atoms with Crippen LogP contribution in [0, 0.1) is 39.4 Å². The molecular formula is C54H56ClFN10O5S2. The van der Waals surface area contributed by atoms with Crippen molar-refractivity contribution in [3.05, 3.63) is 140 Å². The molecule has 5 atom stereocenters. The number of hydrogen-bond acceptors (Lipinski definition) is 12. The quantitative estimate of drug-likeness (QED) is 0.0956. The molecule has 1 saturated heterocycles. The minimum atomic E-state index is -0.886. The molecule has 7 aromatic rings. The lowest BCUT2D eigenvalue weighted by molar-refractivity contribution is -0.142. The van der Waals surface area contributed by atoms with Gasteiger partial charge in [-0.25, -0.2) is 9.37 Å². The smallest absolute Gasteiger partial charge is 0.248 e. The number of nitrogens with zero attached hydrogens (tertiary/aromatic N) is 8. The van der Waals surface area contributed by atoms with Gasteiger partial charge in [0, 0.05) is 70.7 Å². The van der Waals surface area contributed by atoms with Gasteiger partial charge in [-0.2, -0.15) is 5.10 Å². The number of benzene rings is 3. The van der Waals surface area contributed by atoms with E-state index in [1.807, 2.05) is 93.2 Å². The van der Waals surface area contributed by atoms with E-state index in [-0.39, 0.29) is 61.2 Å². The van der Waals surface area contributed by atoms with Gasteiger partial charge in [0.15, 0.2) is 5.82 Å². The Morgan fingerprint density at radius 2 is 1.67 bits per heavy atom. The van der Waals surface area contributed by atoms with Gasteiger partial charge in [0.25, 0.3) is 0 Å². The fraction of sp³-hybridized carbons (Fsp3) is 0.370. The van der Waals surface area contributed by atoms with Crippen LogP contribution in [-0.4, -0.2) is 93.8 Å². The van der Waals surface area contributed by atoms with Crippen LogP contribution in [-0.2, 0) is 14.4 Å². The largest absolute Gasteiger partial charge is 0.490 e. The summed E-state index contributed by atoms with van der Waals surface area (Å²) in [5.41, 5.74) is 9.55. The molecule has 10 rings (SSSR count). The molecule has 378 valence electrons. The Morgan fingerprint density at radius 1 is 0.932 bits per heavy atom. The number of amides is 3. The average molecular weight is 1040 g/mol. The molecule has 1 saturated carbocycles. The standard InChI is InChI=1S/C54H56ClFN10O5S2/c1-27(2)49(53(70)64-25-41(67)21-45(64)52(69)59-29(4)33-8-10-35(11-9-33)50-30(5)57-26-72-50)65-24-37(23-58-65)36-16-39(56)18-42(17-36)71-43-19-40(20-43)60-46(68)22-44-51-63-62-32(7)66(51)54-47(28(3)31(6)73-54)48(61-44)34-12-14-38(55)15-13-34/h8-18,23-24,26-27,29,40-41,43-45,49,67H,19-22,25H2,1-7H3,(H,59,69)(H,60,68)/t29-,40?,41+,43?,44-,45-,49+/m0/s1. The number of nitrogens with one attached hydrogen (secondary N) is 2. The van der Waals surface area contributed by atoms with Gasteiger partial charge < -0.3 is 25.4 Å². The monoisotopic (exact) mass is 1040 g/mol. The normalized spacial score (nSPS) is 20.1. The van der Waals surface area contributed by atoms with Crippen LogP contribution in [0.2, 0.25) is 5.02 Å². The van der Waals surface area contributed by atoms with Crippen LogP contribution >= 0.6 is 34.3 Å². The second-order valence-corrected chi connectivity index (χ2v) is 22.2. The van der Waals surface area contributed by atoms with Crippen molar-refractivity contribution in [2.45, 2.75) is 117 Å². The Labute approximate surface area is 435 Å². The molecule has 3 amide bonds. The predicted octanol–water partition coefficient (Wildman–Crippen LogP) is 9.39. The third kappa shape index (κ3) is 10.1. The minimum absolute atomic E-state index is 0.00256. The van der Waals surface area contributed by atoms with E-state index in [1.54, 1.807) is 45.8 Å². The molecule has 4 aromatic heterocycles. The van der Waals surface area contributed by atoms with Gasteiger partial charge in [-0.05, 0) is 87.1 Å². The van der Waals surface area contributed by atoms with E-state index in [1.165, 1.54) is 17.0 Å². The van der Waals surface area contributed by atoms with Crippen molar-refractivity contribution in [2.24, 2.45) is 10.9 Å². The van der Waals surface area contributed by atoms with Crippen molar-refractivity contribution in [3.8, 4) is 32.3 Å². The number of hydrogen-bond donors (Lipinski definition) is 3. The third-order valence-corrected chi connectivity index (χ3v) is 16.5. The van der Waals surface area contributed by atoms with E-state index in [9.17, 15) is 19.5 Å². The summed E-state index contributed by atoms with van der Waals surface area (Å²) in [7, 11) is 0. The molecule has 73 heavy (non-hydrogen) atoms. The zero-order chi connectivity index (χ0) is 51.4. The molecule has 0 spiro atoms. The van der Waals surface area contributed by atoms with E-state index >= 15 is 4.39 Å². The molecule has 1 aliphatic carbocycles. The number of carbonyl (C=O) groups is 3. The van der Waals surface area contributed by atoms with Crippen LogP contribution < -0.4 is 15.4 Å². The molecule has 0 unspecified atom stereocenters. The summed E-state index contributed by atoms with van der Waals surface area (Å²) in [5, 5.41) is 32.1. The first kappa shape index (κ1) is 50.0. The van der Waals surface area contributed by atoms with Gasteiger partial charge in [0.05, 0.1) is 46.6 Å². The summed E-state index contributed by atoms with van der Waals surface area (Å²) >= 11 is 9.50. The molecule has 15 nitrogen and oxygen atoms in total. The number of rotatable bonds is 14. The average Bonchev–Trinajstić information content (AvgIpc) is 4.19. The Hall–Kier alpha value is -6.60. The highest BCUT2D eigenvalue weighted by Gasteiger charge is 2.43. The number of aliphatic hydroxyl groups is 1. The van der Waals surface area contributed by atoms with Gasteiger partial charge in [-0.3, -0.25) is 28.6 Å². The van der Waals surface area contributed by atoms with Gasteiger partial charge in [-0.15, -0.1) is 32.9 Å². The number of aliphatic hydroxyl groups excluding tert-OH is 1. The fourth-order valence-electron chi connectivity index (χ4n) is 10.1. The minimum Gasteiger partial charge on any atom is -0.490 e. The lowest BCUT2D eigenvalue weighted by Gasteiger charge is -2.36. The maximum absolute atomic E-state index is 15.3. The number of likely N-dealkylation sites (tertiary alicyclic amines) is 1. The second-order valence-electron chi connectivity index (χ2n) is 19.7. The molecule has 3 aliphatic rings. The number of ether oxygens (including phenoxy) is 1. The highest BCUT2D eigenvalue weighted by Crippen LogP contribution is 2.40. The SMILES string of the molecule is Cc1ncsc1-c1ccc([C@H](C)NC(=O)[C@@H]2C[C@@H](O)CN2C(=O)[C@@H](C(C)C)n2cc(-c3cc(F)cc(OC4CC(NC(=O)C[C@@H]5N=C(c6ccc(Cl)cc6)c6c(sc(C)c6C)-n6c(C)nnc65)C4)c3)cn2)cc1. The lowest BCUT2D eigenvalue weighted by atomic mass is 9.89. The number of fused-ring (bicyclic) bond motifs is 3. The van der Waals surface area contributed by atoms with Crippen LogP contribution in [0.3, 0.4) is 0 Å². The summed E-state index contributed by atoms with van der Waals surface area (Å²) < 4.78 is 25.1. The van der Waals surface area contributed by atoms with E-state index < -0.39 is 30.0 Å². The molecule has 19 heteroatoms. The van der Waals surface area contributed by atoms with Crippen molar-refractivity contribution in [3.63, 3.8) is 0 Å². The van der Waals surface area contributed by atoms with Crippen LogP contribution in [0.4, 0.5) is 4.39 Å². The molecule has 0 radical (unpaired) electrons. The van der Waals surface area contributed by atoms with Crippen molar-refractivity contribution < 1.29 is 28.6 Å². The summed E-state index contributed by atoms with van der Waals surface area (Å²) in [6.45, 7) is 13.7. The number of thiazole rings is 1. The molecule has 6 heterocycles. The number of halogens is 2. The first-order valence-corrected chi connectivity index (χ1v) is 26.5. The number of aromatic nitrogens is 6. The summed E-state index contributed by atoms with van der Waals surface area (Å²) in [6, 6.07) is 17.1. The van der Waals surface area contributed by atoms with E-state index in [0.717, 1.165) is 54.0 Å². The zero-order valence-corrected chi connectivity index (χ0v) is 43.9. The summed E-state index contributed by atoms with van der Waals surface area (Å²) in [5.74, 6) is -0.0168. The molecular weight excluding hydrogens is 987 g/mol. The topological polar surface area (TPSA) is 182 Å². The first-order chi connectivity index (χ1) is 35.0. The number of carbonyl (C=O) groups excluding carboxylic acids is 3. The Morgan fingerprint density at radius 3 is 2.38 bits per heavy atom. The summed E-state index contributed by atoms with van der Waals surface area (Å²) in [4.78, 5) is 55.3. The second kappa shape index (κ2) is 20.4. The highest BCUT2D eigenvalue weighted by molar-refractivity contribution is 7.15. The van der Waals surface area contributed by atoms with Gasteiger partial charge in [0.2, 0.25) is 17.7 Å². The zero-order valence-electron chi connectivity index (χ0n) is 41.5. The van der Waals surface area contributed by atoms with Crippen molar-refractivity contribution in [1.29, 1.82) is 0 Å². The molecule has 2 aliphatic heterocycles. The van der Waals surface area contributed by atoms with Gasteiger partial charge in [-0.1, -0.05) is 61.8 Å². The van der Waals surface area contributed by atoms with E-state index in [2.05, 4.69) is 44.8 Å². The van der Waals surface area contributed by atoms with Crippen LogP contribution in [0.25, 0.3) is 26.6 Å². The number of aliphatic imine (C=N–C) groups is 1. The number of thiophene rings is 1. The maximum Gasteiger partial charge on any atom is 0.248 e. The highest BCUT2D eigenvalue weighted by atomic mass is 35.5. The molecule has 0 bridgehead atoms. The van der Waals surface area contributed by atoms with E-state index in [0.29, 0.717) is 46.4 Å².